The van der Waals surface area contributed by atoms with E-state index >= 15 is 0 Å². The zero-order chi connectivity index (χ0) is 21.9. The summed E-state index contributed by atoms with van der Waals surface area (Å²) >= 11 is 1.36. The van der Waals surface area contributed by atoms with Gasteiger partial charge in [-0.15, -0.1) is 11.3 Å². The number of carbonyl (C=O) groups excluding carboxylic acids is 2. The van der Waals surface area contributed by atoms with Crippen molar-refractivity contribution in [1.82, 2.24) is 14.9 Å². The van der Waals surface area contributed by atoms with Crippen LogP contribution in [0.5, 0.6) is 0 Å². The van der Waals surface area contributed by atoms with Crippen molar-refractivity contribution in [3.05, 3.63) is 89.1 Å². The normalized spacial score (nSPS) is 16.1. The number of benzene rings is 2. The number of hydrogen-bond acceptors (Lipinski definition) is 6. The van der Waals surface area contributed by atoms with Gasteiger partial charge in [0.05, 0.1) is 29.9 Å². The lowest BCUT2D eigenvalue weighted by molar-refractivity contribution is -0.0246. The largest absolute Gasteiger partial charge is 0.368 e. The number of nitrogens with zero attached hydrogens (tertiary/aromatic N) is 3. The maximum atomic E-state index is 13.0. The molecule has 5 rings (SSSR count). The first-order valence-electron chi connectivity index (χ1n) is 10.3. The Balaban J connectivity index is 1.46. The Bertz CT molecular complexity index is 1260. The third-order valence-corrected chi connectivity index (χ3v) is 6.03. The Morgan fingerprint density at radius 3 is 2.72 bits per heavy atom. The van der Waals surface area contributed by atoms with Crippen molar-refractivity contribution in [3.63, 3.8) is 0 Å². The molecule has 1 N–H and O–H groups in total. The summed E-state index contributed by atoms with van der Waals surface area (Å²) < 4.78 is 5.97. The molecule has 0 aliphatic carbocycles. The maximum Gasteiger partial charge on any atom is 0.258 e. The molecule has 1 aliphatic heterocycles. The van der Waals surface area contributed by atoms with Gasteiger partial charge >= 0.3 is 0 Å². The molecule has 1 saturated heterocycles. The number of pyridine rings is 1. The first-order valence-corrected chi connectivity index (χ1v) is 11.1. The summed E-state index contributed by atoms with van der Waals surface area (Å²) in [6.45, 7) is 1.28. The van der Waals surface area contributed by atoms with Crippen molar-refractivity contribution in [3.8, 4) is 0 Å². The Hall–Kier alpha value is -3.62. The quantitative estimate of drug-likeness (QED) is 0.511. The predicted octanol–water partition coefficient (Wildman–Crippen LogP) is 4.16. The highest BCUT2D eigenvalue weighted by atomic mass is 32.1. The summed E-state index contributed by atoms with van der Waals surface area (Å²) in [5.74, 6) is -0.297. The topological polar surface area (TPSA) is 84.4 Å². The summed E-state index contributed by atoms with van der Waals surface area (Å²) in [5, 5.41) is 5.93. The summed E-state index contributed by atoms with van der Waals surface area (Å²) in [4.78, 5) is 36.6. The number of morpholine rings is 1. The van der Waals surface area contributed by atoms with Crippen LogP contribution in [-0.4, -0.2) is 46.4 Å². The van der Waals surface area contributed by atoms with Gasteiger partial charge in [0.2, 0.25) is 0 Å². The lowest BCUT2D eigenvalue weighted by Crippen LogP contribution is -2.42. The average Bonchev–Trinajstić information content (AvgIpc) is 3.36. The molecular formula is C24H20N4O3S. The van der Waals surface area contributed by atoms with Crippen LogP contribution in [0.1, 0.15) is 32.5 Å². The Morgan fingerprint density at radius 1 is 1.09 bits per heavy atom. The molecule has 7 nitrogen and oxygen atoms in total. The average molecular weight is 445 g/mol. The molecule has 32 heavy (non-hydrogen) atoms. The van der Waals surface area contributed by atoms with Crippen molar-refractivity contribution in [1.29, 1.82) is 0 Å². The van der Waals surface area contributed by atoms with Gasteiger partial charge in [0.15, 0.2) is 5.13 Å². The van der Waals surface area contributed by atoms with Gasteiger partial charge in [0.25, 0.3) is 11.8 Å². The molecule has 8 heteroatoms. The van der Waals surface area contributed by atoms with Gasteiger partial charge in [-0.1, -0.05) is 36.4 Å². The number of hydrogen-bond donors (Lipinski definition) is 1. The number of fused-ring (bicyclic) bond motifs is 1. The second kappa shape index (κ2) is 8.86. The fourth-order valence-electron chi connectivity index (χ4n) is 3.77. The fourth-order valence-corrected chi connectivity index (χ4v) is 4.30. The summed E-state index contributed by atoms with van der Waals surface area (Å²) in [5.41, 5.74) is 2.46. The molecule has 0 unspecified atom stereocenters. The molecule has 2 amide bonds. The molecular weight excluding hydrogens is 424 g/mol. The highest BCUT2D eigenvalue weighted by Gasteiger charge is 2.28. The zero-order valence-electron chi connectivity index (χ0n) is 17.1. The number of carbonyl (C=O) groups is 2. The Kier molecular flexibility index (Phi) is 5.62. The molecule has 1 aliphatic rings. The Labute approximate surface area is 188 Å². The minimum atomic E-state index is -0.424. The number of ether oxygens (including phenoxy) is 1. The minimum absolute atomic E-state index is 0.0403. The van der Waals surface area contributed by atoms with Crippen LogP contribution < -0.4 is 5.32 Å². The van der Waals surface area contributed by atoms with Gasteiger partial charge in [0, 0.05) is 29.1 Å². The van der Waals surface area contributed by atoms with Crippen LogP contribution in [0.15, 0.2) is 72.2 Å². The summed E-state index contributed by atoms with van der Waals surface area (Å²) in [6.07, 6.45) is 1.22. The van der Waals surface area contributed by atoms with Crippen LogP contribution >= 0.6 is 11.3 Å². The van der Waals surface area contributed by atoms with Crippen LogP contribution in [-0.2, 0) is 4.74 Å². The van der Waals surface area contributed by atoms with Gasteiger partial charge in [-0.2, -0.15) is 0 Å². The van der Waals surface area contributed by atoms with Crippen molar-refractivity contribution >= 4 is 39.2 Å². The van der Waals surface area contributed by atoms with E-state index in [1.807, 2.05) is 54.6 Å². The van der Waals surface area contributed by atoms with E-state index in [2.05, 4.69) is 10.3 Å². The van der Waals surface area contributed by atoms with E-state index in [1.54, 1.807) is 22.5 Å². The van der Waals surface area contributed by atoms with Gasteiger partial charge in [0.1, 0.15) is 6.10 Å². The van der Waals surface area contributed by atoms with Crippen LogP contribution in [0.3, 0.4) is 0 Å². The van der Waals surface area contributed by atoms with Gasteiger partial charge in [-0.05, 0) is 24.3 Å². The van der Waals surface area contributed by atoms with Crippen LogP contribution in [0.4, 0.5) is 5.13 Å². The molecule has 1 fully saturated rings. The second-order valence-electron chi connectivity index (χ2n) is 7.38. The van der Waals surface area contributed by atoms with Crippen LogP contribution in [0.2, 0.25) is 0 Å². The number of nitrogens with one attached hydrogen (secondary N) is 1. The molecule has 0 radical (unpaired) electrons. The molecule has 3 heterocycles. The summed E-state index contributed by atoms with van der Waals surface area (Å²) in [6, 6.07) is 18.5. The minimum Gasteiger partial charge on any atom is -0.368 e. The Morgan fingerprint density at radius 2 is 1.91 bits per heavy atom. The van der Waals surface area contributed by atoms with E-state index in [1.165, 1.54) is 11.3 Å². The van der Waals surface area contributed by atoms with E-state index in [9.17, 15) is 9.59 Å². The number of rotatable bonds is 4. The van der Waals surface area contributed by atoms with Crippen molar-refractivity contribution in [2.75, 3.05) is 25.0 Å². The molecule has 160 valence electrons. The third kappa shape index (κ3) is 4.10. The van der Waals surface area contributed by atoms with Crippen LogP contribution in [0, 0.1) is 0 Å². The second-order valence-corrected chi connectivity index (χ2v) is 8.27. The zero-order valence-corrected chi connectivity index (χ0v) is 17.9. The lowest BCUT2D eigenvalue weighted by Gasteiger charge is -2.33. The molecule has 1 atom stereocenters. The predicted molar refractivity (Wildman–Crippen MR) is 123 cm³/mol. The SMILES string of the molecule is O=C(Nc1nccs1)c1cc([C@H]2CN(C(=O)c3ccccc3)CCO2)nc2ccccc12. The van der Waals surface area contributed by atoms with Crippen molar-refractivity contribution < 1.29 is 14.3 Å². The summed E-state index contributed by atoms with van der Waals surface area (Å²) in [7, 11) is 0. The fraction of sp³-hybridized carbons (Fsp3) is 0.167. The number of thiazole rings is 1. The highest BCUT2D eigenvalue weighted by molar-refractivity contribution is 7.13. The van der Waals surface area contributed by atoms with E-state index in [0.29, 0.717) is 47.2 Å². The number of aromatic nitrogens is 2. The first kappa shape index (κ1) is 20.3. The van der Waals surface area contributed by atoms with Crippen LogP contribution in [0.25, 0.3) is 10.9 Å². The molecule has 2 aromatic carbocycles. The van der Waals surface area contributed by atoms with E-state index < -0.39 is 6.10 Å². The van der Waals surface area contributed by atoms with E-state index in [4.69, 9.17) is 9.72 Å². The standard InChI is InChI=1S/C24H20N4O3S/c29-22(27-24-25-10-13-32-24)18-14-20(26-19-9-5-4-8-17(18)19)21-15-28(11-12-31-21)23(30)16-6-2-1-3-7-16/h1-10,13-14,21H,11-12,15H2,(H,25,27,29)/t21-/m1/s1. The lowest BCUT2D eigenvalue weighted by atomic mass is 10.0. The number of amides is 2. The van der Waals surface area contributed by atoms with E-state index in [-0.39, 0.29) is 11.8 Å². The van der Waals surface area contributed by atoms with Gasteiger partial charge in [-0.25, -0.2) is 9.97 Å². The van der Waals surface area contributed by atoms with Crippen molar-refractivity contribution in [2.45, 2.75) is 6.10 Å². The molecule has 4 aromatic rings. The van der Waals surface area contributed by atoms with E-state index in [0.717, 1.165) is 5.39 Å². The smallest absolute Gasteiger partial charge is 0.258 e. The van der Waals surface area contributed by atoms with Gasteiger partial charge in [-0.3, -0.25) is 14.9 Å². The van der Waals surface area contributed by atoms with Gasteiger partial charge < -0.3 is 9.64 Å². The monoisotopic (exact) mass is 444 g/mol. The number of para-hydroxylation sites is 1. The first-order chi connectivity index (χ1) is 15.7. The molecule has 0 bridgehead atoms. The van der Waals surface area contributed by atoms with Crippen molar-refractivity contribution in [2.24, 2.45) is 0 Å². The molecule has 2 aromatic heterocycles. The third-order valence-electron chi connectivity index (χ3n) is 5.34. The molecule has 0 saturated carbocycles. The maximum absolute atomic E-state index is 13.0. The highest BCUT2D eigenvalue weighted by Crippen LogP contribution is 2.27. The number of anilines is 1. The molecule has 0 spiro atoms.